The molecule has 0 atom stereocenters. The van der Waals surface area contributed by atoms with Crippen molar-refractivity contribution in [2.45, 2.75) is 0 Å². The Hall–Kier alpha value is -2.54. The Morgan fingerprint density at radius 2 is 1.66 bits per heavy atom. The van der Waals surface area contributed by atoms with Crippen LogP contribution in [0.15, 0.2) is 48.2 Å². The van der Waals surface area contributed by atoms with Crippen LogP contribution in [0.1, 0.15) is 5.56 Å². The highest BCUT2D eigenvalue weighted by atomic mass is 35.5. The van der Waals surface area contributed by atoms with Crippen molar-refractivity contribution in [1.82, 2.24) is 4.90 Å². The molecule has 1 saturated heterocycles. The Bertz CT molecular complexity index is 998. The highest BCUT2D eigenvalue weighted by Gasteiger charge is 2.43. The first-order valence-corrected chi connectivity index (χ1v) is 9.82. The van der Waals surface area contributed by atoms with E-state index in [1.54, 1.807) is 49.6 Å². The van der Waals surface area contributed by atoms with Gasteiger partial charge in [0.05, 0.1) is 36.6 Å². The summed E-state index contributed by atoms with van der Waals surface area (Å²) in [6, 6.07) is 11.7. The lowest BCUT2D eigenvalue weighted by molar-refractivity contribution is -0.121. The first-order valence-electron chi connectivity index (χ1n) is 9.06. The maximum Gasteiger partial charge on any atom is 0.282 e. The fourth-order valence-electron chi connectivity index (χ4n) is 3.50. The van der Waals surface area contributed by atoms with Gasteiger partial charge in [0.2, 0.25) is 0 Å². The van der Waals surface area contributed by atoms with Gasteiger partial charge in [0.15, 0.2) is 0 Å². The predicted octanol–water partition coefficient (Wildman–Crippen LogP) is 3.62. The monoisotopic (exact) mass is 432 g/mol. The smallest absolute Gasteiger partial charge is 0.282 e. The summed E-state index contributed by atoms with van der Waals surface area (Å²) >= 11 is 12.4. The molecule has 2 aliphatic rings. The molecule has 0 radical (unpaired) electrons. The predicted molar refractivity (Wildman–Crippen MR) is 111 cm³/mol. The first-order chi connectivity index (χ1) is 14.0. The number of hydrogen-bond acceptors (Lipinski definition) is 5. The molecule has 0 spiro atoms. The van der Waals surface area contributed by atoms with Crippen molar-refractivity contribution in [1.29, 1.82) is 0 Å². The van der Waals surface area contributed by atoms with E-state index in [1.165, 1.54) is 4.90 Å². The van der Waals surface area contributed by atoms with Crippen LogP contribution >= 0.6 is 23.2 Å². The molecule has 4 rings (SSSR count). The lowest BCUT2D eigenvalue weighted by atomic mass is 10.0. The van der Waals surface area contributed by atoms with E-state index in [4.69, 9.17) is 32.7 Å². The van der Waals surface area contributed by atoms with Crippen molar-refractivity contribution in [3.63, 3.8) is 0 Å². The number of methoxy groups -OCH3 is 1. The van der Waals surface area contributed by atoms with Gasteiger partial charge >= 0.3 is 0 Å². The Morgan fingerprint density at radius 3 is 2.28 bits per heavy atom. The number of ether oxygens (including phenoxy) is 2. The molecule has 6 nitrogen and oxygen atoms in total. The van der Waals surface area contributed by atoms with E-state index < -0.39 is 5.91 Å². The number of hydrogen-bond donors (Lipinski definition) is 0. The van der Waals surface area contributed by atoms with Crippen LogP contribution in [-0.2, 0) is 14.3 Å². The molecule has 0 N–H and O–H groups in total. The summed E-state index contributed by atoms with van der Waals surface area (Å²) in [4.78, 5) is 29.9. The molecule has 2 aromatic carbocycles. The van der Waals surface area contributed by atoms with Crippen LogP contribution in [0.5, 0.6) is 5.75 Å². The largest absolute Gasteiger partial charge is 0.497 e. The Labute approximate surface area is 178 Å². The highest BCUT2D eigenvalue weighted by molar-refractivity contribution is 6.47. The molecule has 2 amide bonds. The number of carbonyl (C=O) groups is 2. The molecular weight excluding hydrogens is 415 g/mol. The minimum atomic E-state index is -0.425. The molecule has 8 heteroatoms. The van der Waals surface area contributed by atoms with Crippen LogP contribution in [0, 0.1) is 0 Å². The van der Waals surface area contributed by atoms with E-state index >= 15 is 0 Å². The summed E-state index contributed by atoms with van der Waals surface area (Å²) in [5, 5.41) is 0.770. The number of imide groups is 1. The molecule has 150 valence electrons. The number of carbonyl (C=O) groups excluding carboxylic acids is 2. The number of morpholine rings is 1. The van der Waals surface area contributed by atoms with E-state index in [2.05, 4.69) is 0 Å². The zero-order valence-corrected chi connectivity index (χ0v) is 17.2. The summed E-state index contributed by atoms with van der Waals surface area (Å²) in [6.07, 6.45) is 0. The molecule has 2 heterocycles. The van der Waals surface area contributed by atoms with Crippen LogP contribution in [0.3, 0.4) is 0 Å². The Balaban J connectivity index is 1.83. The molecule has 0 aliphatic carbocycles. The van der Waals surface area contributed by atoms with Crippen molar-refractivity contribution in [2.24, 2.45) is 0 Å². The second kappa shape index (κ2) is 8.06. The van der Waals surface area contributed by atoms with Crippen molar-refractivity contribution < 1.29 is 19.1 Å². The maximum absolute atomic E-state index is 13.4. The van der Waals surface area contributed by atoms with Gasteiger partial charge in [-0.3, -0.25) is 9.59 Å². The summed E-state index contributed by atoms with van der Waals surface area (Å²) in [5.41, 5.74) is 1.55. The lowest BCUT2D eigenvalue weighted by Crippen LogP contribution is -2.40. The summed E-state index contributed by atoms with van der Waals surface area (Å²) in [7, 11) is 1.56. The first kappa shape index (κ1) is 19.8. The zero-order valence-electron chi connectivity index (χ0n) is 15.7. The minimum absolute atomic E-state index is 0.273. The zero-order chi connectivity index (χ0) is 20.5. The molecule has 0 saturated carbocycles. The molecule has 2 aliphatic heterocycles. The number of amides is 2. The van der Waals surface area contributed by atoms with Crippen LogP contribution in [0.25, 0.3) is 5.57 Å². The van der Waals surface area contributed by atoms with Gasteiger partial charge in [0.25, 0.3) is 11.8 Å². The van der Waals surface area contributed by atoms with E-state index in [1.807, 2.05) is 4.90 Å². The molecular formula is C21H18Cl2N2O4. The standard InChI is InChI=1S/C21H18Cl2N2O4/c1-28-15-5-3-14(4-6-15)25-20(26)18(16-7-2-13(22)12-17(16)23)19(21(25)27)24-8-10-29-11-9-24/h2-7,12H,8-11H2,1H3. The fourth-order valence-corrected chi connectivity index (χ4v) is 4.00. The fraction of sp³-hybridized carbons (Fsp3) is 0.238. The van der Waals surface area contributed by atoms with Gasteiger partial charge < -0.3 is 14.4 Å². The summed E-state index contributed by atoms with van der Waals surface area (Å²) < 4.78 is 10.6. The number of benzene rings is 2. The molecule has 0 unspecified atom stereocenters. The van der Waals surface area contributed by atoms with Gasteiger partial charge in [-0.2, -0.15) is 0 Å². The number of halogens is 2. The summed E-state index contributed by atoms with van der Waals surface area (Å²) in [6.45, 7) is 1.99. The highest BCUT2D eigenvalue weighted by Crippen LogP contribution is 2.38. The van der Waals surface area contributed by atoms with Gasteiger partial charge in [0, 0.05) is 23.7 Å². The van der Waals surface area contributed by atoms with E-state index in [9.17, 15) is 9.59 Å². The Kier molecular flexibility index (Phi) is 5.50. The number of rotatable bonds is 4. The van der Waals surface area contributed by atoms with Crippen molar-refractivity contribution in [3.05, 3.63) is 63.8 Å². The summed E-state index contributed by atoms with van der Waals surface area (Å²) in [5.74, 6) is -0.177. The van der Waals surface area contributed by atoms with Crippen LogP contribution in [-0.4, -0.2) is 50.1 Å². The SMILES string of the molecule is COc1ccc(N2C(=O)C(c3ccc(Cl)cc3Cl)=C(N3CCOCC3)C2=O)cc1. The average Bonchev–Trinajstić information content (AvgIpc) is 2.99. The third-order valence-corrected chi connectivity index (χ3v) is 5.47. The molecule has 0 aromatic heterocycles. The topological polar surface area (TPSA) is 59.1 Å². The molecule has 29 heavy (non-hydrogen) atoms. The second-order valence-corrected chi connectivity index (χ2v) is 7.43. The third kappa shape index (κ3) is 3.59. The number of anilines is 1. The molecule has 1 fully saturated rings. The number of nitrogens with zero attached hydrogens (tertiary/aromatic N) is 2. The quantitative estimate of drug-likeness (QED) is 0.690. The third-order valence-electron chi connectivity index (χ3n) is 4.92. The van der Waals surface area contributed by atoms with E-state index in [-0.39, 0.29) is 11.5 Å². The lowest BCUT2D eigenvalue weighted by Gasteiger charge is -2.29. The van der Waals surface area contributed by atoms with Crippen molar-refractivity contribution >= 4 is 46.3 Å². The van der Waals surface area contributed by atoms with Crippen molar-refractivity contribution in [2.75, 3.05) is 38.3 Å². The van der Waals surface area contributed by atoms with Gasteiger partial charge in [-0.25, -0.2) is 4.90 Å². The molecule has 0 bridgehead atoms. The molecule has 2 aromatic rings. The Morgan fingerprint density at radius 1 is 0.966 bits per heavy atom. The van der Waals surface area contributed by atoms with Crippen molar-refractivity contribution in [3.8, 4) is 5.75 Å². The minimum Gasteiger partial charge on any atom is -0.497 e. The van der Waals surface area contributed by atoms with Gasteiger partial charge in [-0.05, 0) is 36.4 Å². The van der Waals surface area contributed by atoms with Gasteiger partial charge in [-0.1, -0.05) is 29.3 Å². The average molecular weight is 433 g/mol. The normalized spacial score (nSPS) is 17.3. The van der Waals surface area contributed by atoms with Gasteiger partial charge in [-0.15, -0.1) is 0 Å². The van der Waals surface area contributed by atoms with Crippen LogP contribution in [0.2, 0.25) is 10.0 Å². The van der Waals surface area contributed by atoms with Crippen LogP contribution < -0.4 is 9.64 Å². The maximum atomic E-state index is 13.4. The van der Waals surface area contributed by atoms with E-state index in [0.717, 1.165) is 0 Å². The van der Waals surface area contributed by atoms with Crippen LogP contribution in [0.4, 0.5) is 5.69 Å². The second-order valence-electron chi connectivity index (χ2n) is 6.59. The van der Waals surface area contributed by atoms with E-state index in [0.29, 0.717) is 59.0 Å². The van der Waals surface area contributed by atoms with Gasteiger partial charge in [0.1, 0.15) is 11.4 Å².